The molecule has 0 aliphatic heterocycles. The molecule has 0 fully saturated rings. The zero-order valence-corrected chi connectivity index (χ0v) is 14.2. The predicted octanol–water partition coefficient (Wildman–Crippen LogP) is 3.93. The maximum absolute atomic E-state index is 13.1. The summed E-state index contributed by atoms with van der Waals surface area (Å²) in [6.45, 7) is 0. The summed E-state index contributed by atoms with van der Waals surface area (Å²) in [7, 11) is 0. The molecule has 2 N–H and O–H groups in total. The molecule has 0 bridgehead atoms. The van der Waals surface area contributed by atoms with E-state index in [9.17, 15) is 14.4 Å². The fraction of sp³-hybridized carbons (Fsp3) is 0. The summed E-state index contributed by atoms with van der Waals surface area (Å²) in [5.74, 6) is -1.23. The monoisotopic (exact) mass is 361 g/mol. The fourth-order valence-corrected chi connectivity index (χ4v) is 3.54. The van der Waals surface area contributed by atoms with Crippen molar-refractivity contribution < 1.29 is 14.4 Å². The molecule has 126 valence electrons. The van der Waals surface area contributed by atoms with Gasteiger partial charge < -0.3 is 5.73 Å². The van der Waals surface area contributed by atoms with Gasteiger partial charge in [-0.1, -0.05) is 66.2 Å². The van der Waals surface area contributed by atoms with Gasteiger partial charge in [0.05, 0.1) is 16.1 Å². The minimum Gasteiger partial charge on any atom is -0.398 e. The molecule has 4 rings (SSSR count). The Balaban J connectivity index is 2.03. The summed E-state index contributed by atoms with van der Waals surface area (Å²) < 4.78 is 0. The molecule has 0 heterocycles. The van der Waals surface area contributed by atoms with Crippen molar-refractivity contribution in [1.82, 2.24) is 0 Å². The Labute approximate surface area is 154 Å². The van der Waals surface area contributed by atoms with Gasteiger partial charge in [0.15, 0.2) is 17.3 Å². The standard InChI is InChI=1S/C21H12ClNO3/c22-14-10-15(23)17(19(24)11-6-2-1-3-7-11)18-16(14)20(25)12-8-4-5-9-13(12)21(18)26/h1-10H,23H2. The van der Waals surface area contributed by atoms with Gasteiger partial charge in [0.1, 0.15) is 0 Å². The number of nitrogen functional groups attached to an aromatic ring is 1. The lowest BCUT2D eigenvalue weighted by Gasteiger charge is -2.22. The molecule has 1 aliphatic carbocycles. The molecule has 1 aliphatic rings. The lowest BCUT2D eigenvalue weighted by atomic mass is 9.80. The number of fused-ring (bicyclic) bond motifs is 2. The van der Waals surface area contributed by atoms with Gasteiger partial charge in [0.25, 0.3) is 0 Å². The molecule has 3 aromatic carbocycles. The number of ketones is 3. The normalized spacial score (nSPS) is 12.5. The van der Waals surface area contributed by atoms with Crippen molar-refractivity contribution in [2.45, 2.75) is 0 Å². The Kier molecular flexibility index (Phi) is 3.71. The average Bonchev–Trinajstić information content (AvgIpc) is 2.66. The largest absolute Gasteiger partial charge is 0.398 e. The van der Waals surface area contributed by atoms with E-state index in [1.165, 1.54) is 6.07 Å². The second-order valence-corrected chi connectivity index (χ2v) is 6.38. The minimum atomic E-state index is -0.427. The summed E-state index contributed by atoms with van der Waals surface area (Å²) in [6, 6.07) is 16.3. The maximum atomic E-state index is 13.1. The molecule has 0 saturated carbocycles. The number of hydrogen-bond acceptors (Lipinski definition) is 4. The first-order valence-electron chi connectivity index (χ1n) is 7.91. The number of nitrogens with two attached hydrogens (primary N) is 1. The average molecular weight is 362 g/mol. The van der Waals surface area contributed by atoms with Crippen LogP contribution < -0.4 is 5.73 Å². The van der Waals surface area contributed by atoms with E-state index in [1.54, 1.807) is 54.6 Å². The van der Waals surface area contributed by atoms with Gasteiger partial charge in [-0.25, -0.2) is 0 Å². The highest BCUT2D eigenvalue weighted by Gasteiger charge is 2.36. The molecule has 0 aromatic heterocycles. The van der Waals surface area contributed by atoms with Crippen LogP contribution in [0.25, 0.3) is 0 Å². The lowest BCUT2D eigenvalue weighted by Crippen LogP contribution is -2.25. The van der Waals surface area contributed by atoms with Crippen LogP contribution in [0.5, 0.6) is 0 Å². The Bertz CT molecular complexity index is 1100. The fourth-order valence-electron chi connectivity index (χ4n) is 3.25. The summed E-state index contributed by atoms with van der Waals surface area (Å²) >= 11 is 6.23. The zero-order valence-electron chi connectivity index (χ0n) is 13.5. The van der Waals surface area contributed by atoms with Crippen LogP contribution in [-0.4, -0.2) is 17.3 Å². The Morgan fingerprint density at radius 2 is 1.35 bits per heavy atom. The van der Waals surface area contributed by atoms with E-state index in [2.05, 4.69) is 0 Å². The van der Waals surface area contributed by atoms with E-state index in [4.69, 9.17) is 17.3 Å². The summed E-state index contributed by atoms with van der Waals surface area (Å²) in [5.41, 5.74) is 7.04. The summed E-state index contributed by atoms with van der Waals surface area (Å²) in [6.07, 6.45) is 0. The number of carbonyl (C=O) groups excluding carboxylic acids is 3. The van der Waals surface area contributed by atoms with Crippen molar-refractivity contribution >= 4 is 34.6 Å². The number of benzene rings is 3. The second-order valence-electron chi connectivity index (χ2n) is 5.97. The second kappa shape index (κ2) is 5.93. The zero-order chi connectivity index (χ0) is 18.4. The van der Waals surface area contributed by atoms with E-state index in [-0.39, 0.29) is 44.3 Å². The first-order chi connectivity index (χ1) is 12.5. The highest BCUT2D eigenvalue weighted by molar-refractivity contribution is 6.41. The van der Waals surface area contributed by atoms with Crippen LogP contribution in [0.4, 0.5) is 5.69 Å². The van der Waals surface area contributed by atoms with Gasteiger partial charge in [-0.2, -0.15) is 0 Å². The maximum Gasteiger partial charge on any atom is 0.196 e. The van der Waals surface area contributed by atoms with Crippen LogP contribution >= 0.6 is 11.6 Å². The van der Waals surface area contributed by atoms with Crippen molar-refractivity contribution in [2.24, 2.45) is 0 Å². The van der Waals surface area contributed by atoms with Crippen molar-refractivity contribution in [3.63, 3.8) is 0 Å². The Morgan fingerprint density at radius 1 is 0.808 bits per heavy atom. The van der Waals surface area contributed by atoms with Gasteiger partial charge >= 0.3 is 0 Å². The Hall–Kier alpha value is -3.24. The minimum absolute atomic E-state index is 0.0171. The first-order valence-corrected chi connectivity index (χ1v) is 8.28. The Morgan fingerprint density at radius 3 is 1.96 bits per heavy atom. The quantitative estimate of drug-likeness (QED) is 0.433. The van der Waals surface area contributed by atoms with E-state index < -0.39 is 11.6 Å². The van der Waals surface area contributed by atoms with Crippen LogP contribution in [0.15, 0.2) is 60.7 Å². The number of carbonyl (C=O) groups is 3. The van der Waals surface area contributed by atoms with Crippen molar-refractivity contribution in [3.05, 3.63) is 99.1 Å². The van der Waals surface area contributed by atoms with E-state index in [0.29, 0.717) is 5.56 Å². The molecular weight excluding hydrogens is 350 g/mol. The summed E-state index contributed by atoms with van der Waals surface area (Å²) in [5, 5.41) is 0.0648. The van der Waals surface area contributed by atoms with E-state index >= 15 is 0 Å². The number of anilines is 1. The third-order valence-electron chi connectivity index (χ3n) is 4.44. The predicted molar refractivity (Wildman–Crippen MR) is 99.0 cm³/mol. The smallest absolute Gasteiger partial charge is 0.196 e. The van der Waals surface area contributed by atoms with Crippen molar-refractivity contribution in [1.29, 1.82) is 0 Å². The van der Waals surface area contributed by atoms with Crippen molar-refractivity contribution in [2.75, 3.05) is 5.73 Å². The number of rotatable bonds is 2. The molecule has 3 aromatic rings. The van der Waals surface area contributed by atoms with E-state index in [1.807, 2.05) is 0 Å². The molecular formula is C21H12ClNO3. The van der Waals surface area contributed by atoms with Gasteiger partial charge in [0, 0.05) is 27.9 Å². The van der Waals surface area contributed by atoms with Crippen LogP contribution in [0, 0.1) is 0 Å². The van der Waals surface area contributed by atoms with E-state index in [0.717, 1.165) is 0 Å². The molecule has 0 radical (unpaired) electrons. The molecule has 26 heavy (non-hydrogen) atoms. The van der Waals surface area contributed by atoms with Crippen molar-refractivity contribution in [3.8, 4) is 0 Å². The van der Waals surface area contributed by atoms with Crippen LogP contribution in [0.3, 0.4) is 0 Å². The molecule has 4 nitrogen and oxygen atoms in total. The van der Waals surface area contributed by atoms with Gasteiger partial charge in [-0.15, -0.1) is 0 Å². The van der Waals surface area contributed by atoms with Crippen LogP contribution in [-0.2, 0) is 0 Å². The topological polar surface area (TPSA) is 77.2 Å². The highest BCUT2D eigenvalue weighted by Crippen LogP contribution is 2.37. The number of hydrogen-bond donors (Lipinski definition) is 1. The third-order valence-corrected chi connectivity index (χ3v) is 4.74. The molecule has 0 amide bonds. The van der Waals surface area contributed by atoms with Crippen LogP contribution in [0.1, 0.15) is 47.8 Å². The first kappa shape index (κ1) is 16.2. The summed E-state index contributed by atoms with van der Waals surface area (Å²) in [4.78, 5) is 39.0. The molecule has 0 spiro atoms. The molecule has 0 unspecified atom stereocenters. The molecule has 0 atom stereocenters. The van der Waals surface area contributed by atoms with Gasteiger partial charge in [-0.3, -0.25) is 14.4 Å². The van der Waals surface area contributed by atoms with Crippen LogP contribution in [0.2, 0.25) is 5.02 Å². The van der Waals surface area contributed by atoms with Gasteiger partial charge in [-0.05, 0) is 6.07 Å². The molecule has 5 heteroatoms. The lowest BCUT2D eigenvalue weighted by molar-refractivity contribution is 0.0971. The molecule has 0 saturated heterocycles. The highest BCUT2D eigenvalue weighted by atomic mass is 35.5. The van der Waals surface area contributed by atoms with Gasteiger partial charge in [0.2, 0.25) is 0 Å². The third kappa shape index (κ3) is 2.27. The number of halogens is 1. The SMILES string of the molecule is Nc1cc(Cl)c2c(c1C(=O)c1ccccc1)C(=O)c1ccccc1C2=O.